The van der Waals surface area contributed by atoms with Crippen LogP contribution in [0.25, 0.3) is 22.3 Å². The zero-order valence-electron chi connectivity index (χ0n) is 19.0. The molecule has 0 spiro atoms. The summed E-state index contributed by atoms with van der Waals surface area (Å²) in [7, 11) is 0. The molecule has 3 aromatic rings. The number of hydrogen-bond acceptors (Lipinski definition) is 0. The van der Waals surface area contributed by atoms with Crippen LogP contribution in [-0.4, -0.2) is 0 Å². The zero-order chi connectivity index (χ0) is 23.4. The first-order valence-corrected chi connectivity index (χ1v) is 12.0. The predicted molar refractivity (Wildman–Crippen MR) is 126 cm³/mol. The second kappa shape index (κ2) is 10.5. The Bertz CT molecular complexity index is 1080. The van der Waals surface area contributed by atoms with Gasteiger partial charge in [0.1, 0.15) is 23.3 Å². The lowest BCUT2D eigenvalue weighted by Gasteiger charge is -2.29. The van der Waals surface area contributed by atoms with Gasteiger partial charge in [0, 0.05) is 17.2 Å². The van der Waals surface area contributed by atoms with Crippen LogP contribution in [-0.2, 0) is 0 Å². The minimum absolute atomic E-state index is 0.0740. The van der Waals surface area contributed by atoms with E-state index in [1.54, 1.807) is 18.2 Å². The topological polar surface area (TPSA) is 0 Å². The standard InChI is InChI=1S/C29H30F4/c1-2-3-4-5-19-6-8-20(9-7-19)21-10-12-26(28(32)16-21)22-11-13-27(29(33)17-22)23-14-24(30)18-25(31)15-23/h10-20H,2-9H2,1H3. The fourth-order valence-corrected chi connectivity index (χ4v) is 5.11. The van der Waals surface area contributed by atoms with E-state index in [1.165, 1.54) is 50.7 Å². The highest BCUT2D eigenvalue weighted by molar-refractivity contribution is 5.71. The van der Waals surface area contributed by atoms with Crippen LogP contribution in [0.3, 0.4) is 0 Å². The zero-order valence-corrected chi connectivity index (χ0v) is 19.0. The van der Waals surface area contributed by atoms with Crippen LogP contribution in [0.1, 0.15) is 69.8 Å². The van der Waals surface area contributed by atoms with Crippen LogP contribution in [0.4, 0.5) is 17.6 Å². The van der Waals surface area contributed by atoms with Gasteiger partial charge in [-0.2, -0.15) is 0 Å². The second-order valence-electron chi connectivity index (χ2n) is 9.31. The molecule has 0 nitrogen and oxygen atoms in total. The van der Waals surface area contributed by atoms with Crippen LogP contribution in [0.5, 0.6) is 0 Å². The van der Waals surface area contributed by atoms with Crippen LogP contribution < -0.4 is 0 Å². The van der Waals surface area contributed by atoms with E-state index >= 15 is 4.39 Å². The summed E-state index contributed by atoms with van der Waals surface area (Å²) in [4.78, 5) is 0. The van der Waals surface area contributed by atoms with Crippen molar-refractivity contribution < 1.29 is 17.6 Å². The molecule has 0 heterocycles. The van der Waals surface area contributed by atoms with Crippen LogP contribution in [0, 0.1) is 29.2 Å². The summed E-state index contributed by atoms with van der Waals surface area (Å²) < 4.78 is 56.8. The molecular weight excluding hydrogens is 424 g/mol. The van der Waals surface area contributed by atoms with Crippen LogP contribution >= 0.6 is 0 Å². The Labute approximate surface area is 193 Å². The Balaban J connectivity index is 1.48. The first-order chi connectivity index (χ1) is 15.9. The summed E-state index contributed by atoms with van der Waals surface area (Å²) >= 11 is 0. The van der Waals surface area contributed by atoms with Gasteiger partial charge in [0.05, 0.1) is 0 Å². The highest BCUT2D eigenvalue weighted by atomic mass is 19.1. The minimum atomic E-state index is -0.773. The van der Waals surface area contributed by atoms with E-state index in [0.29, 0.717) is 17.0 Å². The summed E-state index contributed by atoms with van der Waals surface area (Å²) in [5.41, 5.74) is 1.91. The molecule has 0 radical (unpaired) electrons. The highest BCUT2D eigenvalue weighted by Crippen LogP contribution is 2.39. The van der Waals surface area contributed by atoms with Gasteiger partial charge in [-0.05, 0) is 78.5 Å². The monoisotopic (exact) mass is 454 g/mol. The Hall–Kier alpha value is -2.62. The third-order valence-corrected chi connectivity index (χ3v) is 6.98. The van der Waals surface area contributed by atoms with E-state index in [1.807, 2.05) is 6.07 Å². The van der Waals surface area contributed by atoms with Gasteiger partial charge < -0.3 is 0 Å². The summed E-state index contributed by atoms with van der Waals surface area (Å²) in [5.74, 6) is -1.40. The van der Waals surface area contributed by atoms with Gasteiger partial charge in [-0.1, -0.05) is 56.9 Å². The third kappa shape index (κ3) is 5.66. The molecule has 0 aliphatic heterocycles. The van der Waals surface area contributed by atoms with Gasteiger partial charge in [0.25, 0.3) is 0 Å². The Morgan fingerprint density at radius 3 is 1.94 bits per heavy atom. The molecule has 0 aromatic heterocycles. The molecular formula is C29H30F4. The van der Waals surface area contributed by atoms with Crippen molar-refractivity contribution in [2.75, 3.05) is 0 Å². The maximum Gasteiger partial charge on any atom is 0.131 e. The van der Waals surface area contributed by atoms with E-state index in [-0.39, 0.29) is 16.9 Å². The average molecular weight is 455 g/mol. The Morgan fingerprint density at radius 1 is 0.667 bits per heavy atom. The van der Waals surface area contributed by atoms with Crippen molar-refractivity contribution in [3.05, 3.63) is 83.4 Å². The molecule has 3 aromatic carbocycles. The van der Waals surface area contributed by atoms with E-state index in [9.17, 15) is 13.2 Å². The molecule has 33 heavy (non-hydrogen) atoms. The van der Waals surface area contributed by atoms with Gasteiger partial charge >= 0.3 is 0 Å². The first-order valence-electron chi connectivity index (χ1n) is 12.0. The minimum Gasteiger partial charge on any atom is -0.207 e. The summed E-state index contributed by atoms with van der Waals surface area (Å²) in [5, 5.41) is 0. The van der Waals surface area contributed by atoms with Gasteiger partial charge in [-0.15, -0.1) is 0 Å². The molecule has 1 saturated carbocycles. The molecule has 174 valence electrons. The number of unbranched alkanes of at least 4 members (excludes halogenated alkanes) is 2. The van der Waals surface area contributed by atoms with Gasteiger partial charge in [0.2, 0.25) is 0 Å². The van der Waals surface area contributed by atoms with Crippen molar-refractivity contribution in [2.24, 2.45) is 5.92 Å². The fraction of sp³-hybridized carbons (Fsp3) is 0.379. The van der Waals surface area contributed by atoms with Crippen molar-refractivity contribution in [1.29, 1.82) is 0 Å². The lowest BCUT2D eigenvalue weighted by atomic mass is 9.77. The van der Waals surface area contributed by atoms with Crippen molar-refractivity contribution in [1.82, 2.24) is 0 Å². The Morgan fingerprint density at radius 2 is 1.30 bits per heavy atom. The smallest absolute Gasteiger partial charge is 0.131 e. The van der Waals surface area contributed by atoms with Crippen LogP contribution in [0.15, 0.2) is 54.6 Å². The first kappa shape index (κ1) is 23.5. The molecule has 1 aliphatic rings. The molecule has 4 rings (SSSR count). The van der Waals surface area contributed by atoms with Gasteiger partial charge in [0.15, 0.2) is 0 Å². The maximum atomic E-state index is 15.0. The molecule has 4 heteroatoms. The largest absolute Gasteiger partial charge is 0.207 e. The lowest BCUT2D eigenvalue weighted by molar-refractivity contribution is 0.302. The maximum absolute atomic E-state index is 15.0. The Kier molecular flexibility index (Phi) is 7.52. The number of benzene rings is 3. The second-order valence-corrected chi connectivity index (χ2v) is 9.31. The molecule has 0 N–H and O–H groups in total. The summed E-state index contributed by atoms with van der Waals surface area (Å²) in [6.07, 6.45) is 9.73. The van der Waals surface area contributed by atoms with Crippen molar-refractivity contribution >= 4 is 0 Å². The molecule has 0 bridgehead atoms. The number of halogens is 4. The SMILES string of the molecule is CCCCCC1CCC(c2ccc(-c3ccc(-c4cc(F)cc(F)c4)c(F)c3)c(F)c2)CC1. The summed E-state index contributed by atoms with van der Waals surface area (Å²) in [6, 6.07) is 12.4. The quantitative estimate of drug-likeness (QED) is 0.246. The van der Waals surface area contributed by atoms with E-state index in [2.05, 4.69) is 6.92 Å². The van der Waals surface area contributed by atoms with Crippen LogP contribution in [0.2, 0.25) is 0 Å². The molecule has 0 unspecified atom stereocenters. The highest BCUT2D eigenvalue weighted by Gasteiger charge is 2.23. The predicted octanol–water partition coefficient (Wildman–Crippen LogP) is 9.43. The van der Waals surface area contributed by atoms with E-state index in [0.717, 1.165) is 42.5 Å². The summed E-state index contributed by atoms with van der Waals surface area (Å²) in [6.45, 7) is 2.23. The third-order valence-electron chi connectivity index (χ3n) is 6.98. The van der Waals surface area contributed by atoms with Crippen molar-refractivity contribution in [3.63, 3.8) is 0 Å². The molecule has 1 aliphatic carbocycles. The van der Waals surface area contributed by atoms with Crippen molar-refractivity contribution in [2.45, 2.75) is 64.2 Å². The molecule has 0 atom stereocenters. The van der Waals surface area contributed by atoms with Gasteiger partial charge in [-0.25, -0.2) is 17.6 Å². The normalized spacial score (nSPS) is 18.5. The lowest BCUT2D eigenvalue weighted by Crippen LogP contribution is -2.13. The number of rotatable bonds is 7. The average Bonchev–Trinajstić information content (AvgIpc) is 2.79. The molecule has 0 amide bonds. The van der Waals surface area contributed by atoms with E-state index < -0.39 is 17.5 Å². The van der Waals surface area contributed by atoms with Crippen molar-refractivity contribution in [3.8, 4) is 22.3 Å². The fourth-order valence-electron chi connectivity index (χ4n) is 5.11. The molecule has 0 saturated heterocycles. The number of hydrogen-bond donors (Lipinski definition) is 0. The molecule has 1 fully saturated rings. The van der Waals surface area contributed by atoms with E-state index in [4.69, 9.17) is 0 Å². The van der Waals surface area contributed by atoms with Gasteiger partial charge in [-0.3, -0.25) is 0 Å².